The lowest BCUT2D eigenvalue weighted by Gasteiger charge is -2.09. The van der Waals surface area contributed by atoms with Crippen molar-refractivity contribution in [3.05, 3.63) is 59.0 Å². The van der Waals surface area contributed by atoms with Crippen LogP contribution in [0.15, 0.2) is 53.5 Å². The molecule has 1 amide bonds. The van der Waals surface area contributed by atoms with Gasteiger partial charge in [0.05, 0.1) is 5.84 Å². The molecule has 1 heterocycles. The van der Waals surface area contributed by atoms with Gasteiger partial charge < -0.3 is 20.4 Å². The van der Waals surface area contributed by atoms with Crippen molar-refractivity contribution in [3.63, 3.8) is 0 Å². The molecule has 0 atom stereocenters. The van der Waals surface area contributed by atoms with Crippen molar-refractivity contribution in [3.8, 4) is 5.75 Å². The van der Waals surface area contributed by atoms with Gasteiger partial charge in [0, 0.05) is 24.8 Å². The fourth-order valence-electron chi connectivity index (χ4n) is 1.90. The fourth-order valence-corrected chi connectivity index (χ4v) is 1.90. The number of carbonyl (C=O) groups excluding carboxylic acids is 1. The Morgan fingerprint density at radius 2 is 1.96 bits per heavy atom. The second-order valence-electron chi connectivity index (χ2n) is 4.85. The zero-order chi connectivity index (χ0) is 16.7. The molecule has 0 saturated heterocycles. The highest BCUT2D eigenvalue weighted by molar-refractivity contribution is 5.91. The monoisotopic (exact) mass is 314 g/mol. The van der Waals surface area contributed by atoms with Crippen LogP contribution in [0.3, 0.4) is 0 Å². The van der Waals surface area contributed by atoms with Crippen LogP contribution >= 0.6 is 0 Å². The molecule has 2 rings (SSSR count). The number of aryl methyl sites for hydroxylation is 1. The third-order valence-electron chi connectivity index (χ3n) is 3.02. The van der Waals surface area contributed by atoms with E-state index in [2.05, 4.69) is 5.32 Å². The Morgan fingerprint density at radius 3 is 2.65 bits per heavy atom. The van der Waals surface area contributed by atoms with Crippen molar-refractivity contribution in [1.82, 2.24) is 4.57 Å². The van der Waals surface area contributed by atoms with Crippen molar-refractivity contribution in [1.29, 1.82) is 5.41 Å². The van der Waals surface area contributed by atoms with Crippen LogP contribution in [0, 0.1) is 5.41 Å². The SMILES string of the molecule is N=C(N)CCn1cccc(OCC(=O)Nc2ccccc2)c1=O. The number of ether oxygens (including phenoxy) is 1. The van der Waals surface area contributed by atoms with Crippen molar-refractivity contribution in [2.24, 2.45) is 5.73 Å². The molecule has 0 aliphatic rings. The van der Waals surface area contributed by atoms with Crippen LogP contribution in [0.4, 0.5) is 5.69 Å². The Labute approximate surface area is 133 Å². The molecule has 7 nitrogen and oxygen atoms in total. The molecule has 1 aromatic heterocycles. The van der Waals surface area contributed by atoms with Crippen LogP contribution in [-0.4, -0.2) is 22.9 Å². The Kier molecular flexibility index (Phi) is 5.51. The minimum absolute atomic E-state index is 0.00506. The molecule has 0 radical (unpaired) electrons. The van der Waals surface area contributed by atoms with Crippen LogP contribution in [0.25, 0.3) is 0 Å². The van der Waals surface area contributed by atoms with E-state index in [4.69, 9.17) is 15.9 Å². The number of nitrogens with one attached hydrogen (secondary N) is 2. The first kappa shape index (κ1) is 16.3. The summed E-state index contributed by atoms with van der Waals surface area (Å²) < 4.78 is 6.68. The van der Waals surface area contributed by atoms with E-state index < -0.39 is 0 Å². The Morgan fingerprint density at radius 1 is 1.22 bits per heavy atom. The van der Waals surface area contributed by atoms with E-state index in [1.54, 1.807) is 36.5 Å². The van der Waals surface area contributed by atoms with Crippen LogP contribution in [0.1, 0.15) is 6.42 Å². The number of aromatic nitrogens is 1. The quantitative estimate of drug-likeness (QED) is 0.526. The molecular weight excluding hydrogens is 296 g/mol. The van der Waals surface area contributed by atoms with E-state index in [0.717, 1.165) is 0 Å². The van der Waals surface area contributed by atoms with E-state index >= 15 is 0 Å². The van der Waals surface area contributed by atoms with E-state index in [1.165, 1.54) is 10.6 Å². The van der Waals surface area contributed by atoms with Crippen LogP contribution in [0.2, 0.25) is 0 Å². The van der Waals surface area contributed by atoms with Gasteiger partial charge >= 0.3 is 0 Å². The van der Waals surface area contributed by atoms with Crippen LogP contribution < -0.4 is 21.3 Å². The lowest BCUT2D eigenvalue weighted by Crippen LogP contribution is -2.26. The first-order chi connectivity index (χ1) is 11.1. The summed E-state index contributed by atoms with van der Waals surface area (Å²) in [5, 5.41) is 9.86. The van der Waals surface area contributed by atoms with Crippen LogP contribution in [0.5, 0.6) is 5.75 Å². The van der Waals surface area contributed by atoms with Gasteiger partial charge in [-0.3, -0.25) is 15.0 Å². The average Bonchev–Trinajstić information content (AvgIpc) is 2.53. The highest BCUT2D eigenvalue weighted by Gasteiger charge is 2.08. The number of hydrogen-bond acceptors (Lipinski definition) is 4. The van der Waals surface area contributed by atoms with Crippen molar-refractivity contribution >= 4 is 17.4 Å². The zero-order valence-electron chi connectivity index (χ0n) is 12.5. The number of carbonyl (C=O) groups is 1. The first-order valence-corrected chi connectivity index (χ1v) is 7.06. The largest absolute Gasteiger partial charge is 0.478 e. The van der Waals surface area contributed by atoms with Gasteiger partial charge in [-0.2, -0.15) is 0 Å². The maximum Gasteiger partial charge on any atom is 0.292 e. The van der Waals surface area contributed by atoms with Gasteiger partial charge in [-0.1, -0.05) is 18.2 Å². The fraction of sp³-hybridized carbons (Fsp3) is 0.188. The molecular formula is C16H18N4O3. The second-order valence-corrected chi connectivity index (χ2v) is 4.85. The van der Waals surface area contributed by atoms with Crippen molar-refractivity contribution < 1.29 is 9.53 Å². The number of amides is 1. The van der Waals surface area contributed by atoms with Crippen LogP contribution in [-0.2, 0) is 11.3 Å². The number of nitrogens with two attached hydrogens (primary N) is 1. The molecule has 120 valence electrons. The summed E-state index contributed by atoms with van der Waals surface area (Å²) in [6, 6.07) is 12.1. The second kappa shape index (κ2) is 7.79. The summed E-state index contributed by atoms with van der Waals surface area (Å²) in [4.78, 5) is 24.0. The smallest absolute Gasteiger partial charge is 0.292 e. The summed E-state index contributed by atoms with van der Waals surface area (Å²) >= 11 is 0. The summed E-state index contributed by atoms with van der Waals surface area (Å²) in [5.41, 5.74) is 5.58. The van der Waals surface area contributed by atoms with Gasteiger partial charge in [0.2, 0.25) is 0 Å². The van der Waals surface area contributed by atoms with Gasteiger partial charge in [0.25, 0.3) is 11.5 Å². The third-order valence-corrected chi connectivity index (χ3v) is 3.02. The lowest BCUT2D eigenvalue weighted by molar-refractivity contribution is -0.118. The molecule has 0 saturated carbocycles. The third kappa shape index (κ3) is 4.99. The maximum atomic E-state index is 12.1. The molecule has 0 aliphatic carbocycles. The molecule has 0 spiro atoms. The molecule has 0 bridgehead atoms. The summed E-state index contributed by atoms with van der Waals surface area (Å²) in [5.74, 6) is -0.264. The van der Waals surface area contributed by atoms with Gasteiger partial charge in [0.1, 0.15) is 0 Å². The number of hydrogen-bond donors (Lipinski definition) is 3. The average molecular weight is 314 g/mol. The summed E-state index contributed by atoms with van der Waals surface area (Å²) in [7, 11) is 0. The number of para-hydroxylation sites is 1. The van der Waals surface area contributed by atoms with Gasteiger partial charge in [0.15, 0.2) is 12.4 Å². The van der Waals surface area contributed by atoms with Gasteiger partial charge in [-0.05, 0) is 24.3 Å². The number of amidine groups is 1. The Balaban J connectivity index is 1.95. The van der Waals surface area contributed by atoms with Gasteiger partial charge in [-0.25, -0.2) is 0 Å². The molecule has 7 heteroatoms. The normalized spacial score (nSPS) is 10.1. The predicted molar refractivity (Wildman–Crippen MR) is 87.8 cm³/mol. The highest BCUT2D eigenvalue weighted by atomic mass is 16.5. The topological polar surface area (TPSA) is 110 Å². The number of rotatable bonds is 7. The summed E-state index contributed by atoms with van der Waals surface area (Å²) in [6.07, 6.45) is 1.86. The van der Waals surface area contributed by atoms with E-state index in [0.29, 0.717) is 12.2 Å². The number of pyridine rings is 1. The van der Waals surface area contributed by atoms with E-state index in [9.17, 15) is 9.59 Å². The van der Waals surface area contributed by atoms with E-state index in [-0.39, 0.29) is 36.1 Å². The minimum Gasteiger partial charge on any atom is -0.478 e. The number of anilines is 1. The predicted octanol–water partition coefficient (Wildman–Crippen LogP) is 1.19. The lowest BCUT2D eigenvalue weighted by atomic mass is 10.3. The summed E-state index contributed by atoms with van der Waals surface area (Å²) in [6.45, 7) is 0.0302. The molecule has 23 heavy (non-hydrogen) atoms. The molecule has 0 aliphatic heterocycles. The first-order valence-electron chi connectivity index (χ1n) is 7.06. The molecule has 0 unspecified atom stereocenters. The molecule has 0 fully saturated rings. The standard InChI is InChI=1S/C16H18N4O3/c17-14(18)8-10-20-9-4-7-13(16(20)22)23-11-15(21)19-12-5-2-1-3-6-12/h1-7,9H,8,10-11H2,(H3,17,18)(H,19,21). The van der Waals surface area contributed by atoms with Gasteiger partial charge in [-0.15, -0.1) is 0 Å². The minimum atomic E-state index is -0.360. The Hall–Kier alpha value is -3.09. The highest BCUT2D eigenvalue weighted by Crippen LogP contribution is 2.06. The van der Waals surface area contributed by atoms with Crippen molar-refractivity contribution in [2.45, 2.75) is 13.0 Å². The Bertz CT molecular complexity index is 740. The molecule has 1 aromatic carbocycles. The maximum absolute atomic E-state index is 12.1. The number of nitrogens with zero attached hydrogens (tertiary/aromatic N) is 1. The van der Waals surface area contributed by atoms with E-state index in [1.807, 2.05) is 6.07 Å². The van der Waals surface area contributed by atoms with Crippen molar-refractivity contribution in [2.75, 3.05) is 11.9 Å². The number of benzene rings is 1. The molecule has 2 aromatic rings. The zero-order valence-corrected chi connectivity index (χ0v) is 12.5. The molecule has 4 N–H and O–H groups in total.